The van der Waals surface area contributed by atoms with Gasteiger partial charge in [-0.05, 0) is 49.7 Å². The van der Waals surface area contributed by atoms with E-state index in [0.717, 1.165) is 25.1 Å². The van der Waals surface area contributed by atoms with Gasteiger partial charge in [0.15, 0.2) is 0 Å². The largest absolute Gasteiger partial charge is 0.460 e. The number of likely N-dealkylation sites (tertiary alicyclic amines) is 1. The number of ether oxygens (including phenoxy) is 1. The summed E-state index contributed by atoms with van der Waals surface area (Å²) in [4.78, 5) is 25.1. The molecule has 2 aromatic carbocycles. The predicted octanol–water partition coefficient (Wildman–Crippen LogP) is 2.74. The second-order valence-electron chi connectivity index (χ2n) is 7.42. The van der Waals surface area contributed by atoms with Gasteiger partial charge in [0.05, 0.1) is 6.42 Å². The molecule has 1 aliphatic rings. The van der Waals surface area contributed by atoms with Crippen molar-refractivity contribution in [3.63, 3.8) is 0 Å². The van der Waals surface area contributed by atoms with Gasteiger partial charge in [0, 0.05) is 24.8 Å². The van der Waals surface area contributed by atoms with Crippen molar-refractivity contribution in [3.8, 4) is 0 Å². The van der Waals surface area contributed by atoms with Crippen LogP contribution < -0.4 is 11.1 Å². The lowest BCUT2D eigenvalue weighted by atomic mass is 9.96. The summed E-state index contributed by atoms with van der Waals surface area (Å²) in [6.07, 6.45) is 1.51. The van der Waals surface area contributed by atoms with Crippen LogP contribution >= 0.6 is 0 Å². The van der Waals surface area contributed by atoms with Crippen LogP contribution in [-0.2, 0) is 16.0 Å². The molecule has 1 aliphatic heterocycles. The molecule has 2 aromatic rings. The maximum absolute atomic E-state index is 11.9. The first-order chi connectivity index (χ1) is 13.9. The molecule has 6 nitrogen and oxygen atoms in total. The summed E-state index contributed by atoms with van der Waals surface area (Å²) >= 11 is 0. The summed E-state index contributed by atoms with van der Waals surface area (Å²) in [5, 5.41) is 2.51. The van der Waals surface area contributed by atoms with E-state index in [-0.39, 0.29) is 18.0 Å². The van der Waals surface area contributed by atoms with Gasteiger partial charge in [0.25, 0.3) is 5.91 Å². The molecule has 0 aromatic heterocycles. The van der Waals surface area contributed by atoms with Crippen LogP contribution in [0.5, 0.6) is 0 Å². The Kier molecular flexibility index (Phi) is 8.68. The smallest absolute Gasteiger partial charge is 0.310 e. The zero-order valence-electron chi connectivity index (χ0n) is 17.4. The van der Waals surface area contributed by atoms with E-state index < -0.39 is 0 Å². The van der Waals surface area contributed by atoms with Crippen molar-refractivity contribution in [2.24, 2.45) is 5.92 Å². The molecule has 3 rings (SSSR count). The third-order valence-electron chi connectivity index (χ3n) is 4.94. The molecule has 1 unspecified atom stereocenters. The Morgan fingerprint density at radius 3 is 2.55 bits per heavy atom. The Morgan fingerprint density at radius 2 is 1.90 bits per heavy atom. The van der Waals surface area contributed by atoms with Crippen molar-refractivity contribution in [3.05, 3.63) is 65.7 Å². The minimum atomic E-state index is -0.117. The average Bonchev–Trinajstić information content (AvgIpc) is 2.71. The number of piperidine rings is 1. The van der Waals surface area contributed by atoms with E-state index in [9.17, 15) is 9.59 Å². The quantitative estimate of drug-likeness (QED) is 0.612. The van der Waals surface area contributed by atoms with Crippen molar-refractivity contribution in [1.82, 2.24) is 10.2 Å². The highest BCUT2D eigenvalue weighted by Gasteiger charge is 2.27. The van der Waals surface area contributed by atoms with Gasteiger partial charge in [-0.1, -0.05) is 43.3 Å². The number of nitrogen functional groups attached to an aromatic ring is 1. The number of nitrogens with zero attached hydrogens (tertiary/aromatic N) is 1. The number of anilines is 1. The minimum Gasteiger partial charge on any atom is -0.460 e. The molecule has 3 N–H and O–H groups in total. The van der Waals surface area contributed by atoms with E-state index in [2.05, 4.69) is 24.2 Å². The lowest BCUT2D eigenvalue weighted by molar-refractivity contribution is -0.153. The summed E-state index contributed by atoms with van der Waals surface area (Å²) in [6, 6.07) is 16.6. The molecule has 1 saturated heterocycles. The molecular weight excluding hydrogens is 366 g/mol. The van der Waals surface area contributed by atoms with E-state index in [4.69, 9.17) is 10.5 Å². The minimum absolute atomic E-state index is 0.0416. The van der Waals surface area contributed by atoms with Crippen LogP contribution in [0.2, 0.25) is 0 Å². The van der Waals surface area contributed by atoms with Crippen LogP contribution in [0.15, 0.2) is 54.6 Å². The van der Waals surface area contributed by atoms with Crippen LogP contribution in [0.3, 0.4) is 0 Å². The van der Waals surface area contributed by atoms with Crippen LogP contribution in [0, 0.1) is 5.92 Å². The number of amides is 1. The maximum Gasteiger partial charge on any atom is 0.310 e. The normalized spacial score (nSPS) is 18.9. The van der Waals surface area contributed by atoms with Crippen LogP contribution in [-0.4, -0.2) is 50.1 Å². The van der Waals surface area contributed by atoms with Crippen molar-refractivity contribution in [2.45, 2.75) is 25.9 Å². The van der Waals surface area contributed by atoms with Crippen LogP contribution in [0.1, 0.15) is 29.3 Å². The second-order valence-corrected chi connectivity index (χ2v) is 7.42. The maximum atomic E-state index is 11.9. The first-order valence-corrected chi connectivity index (χ1v) is 9.88. The zero-order chi connectivity index (χ0) is 21.2. The molecule has 0 radical (unpaired) electrons. The van der Waals surface area contributed by atoms with Gasteiger partial charge in [0.2, 0.25) is 0 Å². The standard InChI is InChI=1S/C15H21NO2.C8H10N2O/c1-12-8-9-16(2)11-14(12)18-15(17)10-13-6-4-3-5-7-13;1-10-8(11)6-3-2-4-7(9)5-6/h3-7,12,14H,8-11H2,1-2H3;2-5H,9H2,1H3,(H,10,11)/t12?,14-;/m0./s1. The molecule has 1 heterocycles. The monoisotopic (exact) mass is 397 g/mol. The first-order valence-electron chi connectivity index (χ1n) is 9.88. The molecule has 0 saturated carbocycles. The fourth-order valence-electron chi connectivity index (χ4n) is 3.14. The molecule has 29 heavy (non-hydrogen) atoms. The topological polar surface area (TPSA) is 84.7 Å². The Bertz CT molecular complexity index is 795. The number of hydrogen-bond acceptors (Lipinski definition) is 5. The Labute approximate surface area is 173 Å². The molecule has 1 fully saturated rings. The number of carbonyl (C=O) groups is 2. The lowest BCUT2D eigenvalue weighted by Crippen LogP contribution is -2.43. The number of esters is 1. The molecule has 156 valence electrons. The first kappa shape index (κ1) is 22.4. The summed E-state index contributed by atoms with van der Waals surface area (Å²) in [7, 11) is 3.66. The Balaban J connectivity index is 0.000000234. The summed E-state index contributed by atoms with van der Waals surface area (Å²) < 4.78 is 5.60. The van der Waals surface area contributed by atoms with Gasteiger partial charge >= 0.3 is 5.97 Å². The summed E-state index contributed by atoms with van der Waals surface area (Å²) in [5.41, 5.74) is 7.68. The van der Waals surface area contributed by atoms with Crippen LogP contribution in [0.25, 0.3) is 0 Å². The molecule has 6 heteroatoms. The molecule has 0 spiro atoms. The summed E-state index contributed by atoms with van der Waals surface area (Å²) in [6.45, 7) is 4.10. The zero-order valence-corrected chi connectivity index (χ0v) is 17.4. The Morgan fingerprint density at radius 1 is 1.17 bits per heavy atom. The molecule has 0 aliphatic carbocycles. The molecule has 1 amide bonds. The third kappa shape index (κ3) is 7.58. The van der Waals surface area contributed by atoms with Crippen molar-refractivity contribution in [1.29, 1.82) is 0 Å². The van der Waals surface area contributed by atoms with E-state index >= 15 is 0 Å². The number of nitrogens with two attached hydrogens (primary N) is 1. The van der Waals surface area contributed by atoms with E-state index in [1.165, 1.54) is 0 Å². The number of nitrogens with one attached hydrogen (secondary N) is 1. The van der Waals surface area contributed by atoms with Crippen molar-refractivity contribution >= 4 is 17.6 Å². The molecule has 0 bridgehead atoms. The van der Waals surface area contributed by atoms with Crippen LogP contribution in [0.4, 0.5) is 5.69 Å². The number of rotatable bonds is 4. The van der Waals surface area contributed by atoms with Gasteiger partial charge in [-0.25, -0.2) is 0 Å². The molecule has 2 atom stereocenters. The van der Waals surface area contributed by atoms with E-state index in [0.29, 0.717) is 23.6 Å². The van der Waals surface area contributed by atoms with Crippen molar-refractivity contribution < 1.29 is 14.3 Å². The van der Waals surface area contributed by atoms with Crippen molar-refractivity contribution in [2.75, 3.05) is 32.9 Å². The number of hydrogen-bond donors (Lipinski definition) is 2. The Hall–Kier alpha value is -2.86. The number of likely N-dealkylation sites (N-methyl/N-ethyl adjacent to an activating group) is 1. The second kappa shape index (κ2) is 11.2. The van der Waals surface area contributed by atoms with Gasteiger partial charge in [-0.2, -0.15) is 0 Å². The summed E-state index contributed by atoms with van der Waals surface area (Å²) in [5.74, 6) is 0.228. The molecular formula is C23H31N3O3. The highest BCUT2D eigenvalue weighted by atomic mass is 16.5. The van der Waals surface area contributed by atoms with E-state index in [1.807, 2.05) is 30.3 Å². The third-order valence-corrected chi connectivity index (χ3v) is 4.94. The highest BCUT2D eigenvalue weighted by molar-refractivity contribution is 5.94. The average molecular weight is 398 g/mol. The predicted molar refractivity (Wildman–Crippen MR) is 116 cm³/mol. The fourth-order valence-corrected chi connectivity index (χ4v) is 3.14. The van der Waals surface area contributed by atoms with Gasteiger partial charge in [0.1, 0.15) is 6.10 Å². The number of carbonyl (C=O) groups excluding carboxylic acids is 2. The number of benzene rings is 2. The highest BCUT2D eigenvalue weighted by Crippen LogP contribution is 2.19. The lowest BCUT2D eigenvalue weighted by Gasteiger charge is -2.34. The van der Waals surface area contributed by atoms with Gasteiger partial charge in [-0.3, -0.25) is 9.59 Å². The SMILES string of the molecule is CC1CCN(C)C[C@@H]1OC(=O)Cc1ccccc1.CNC(=O)c1cccc(N)c1. The van der Waals surface area contributed by atoms with E-state index in [1.54, 1.807) is 31.3 Å². The van der Waals surface area contributed by atoms with Gasteiger partial charge < -0.3 is 20.7 Å². The fraction of sp³-hybridized carbons (Fsp3) is 0.391. The van der Waals surface area contributed by atoms with Gasteiger partial charge in [-0.15, -0.1) is 0 Å².